The molecule has 0 saturated carbocycles. The van der Waals surface area contributed by atoms with E-state index in [9.17, 15) is 17.6 Å². The third-order valence-corrected chi connectivity index (χ3v) is 6.72. The zero-order chi connectivity index (χ0) is 25.2. The number of aromatic nitrogens is 2. The van der Waals surface area contributed by atoms with Gasteiger partial charge in [0.1, 0.15) is 15.7 Å². The number of hydrogen-bond acceptors (Lipinski definition) is 5. The number of benzene rings is 3. The van der Waals surface area contributed by atoms with Gasteiger partial charge >= 0.3 is 5.69 Å². The van der Waals surface area contributed by atoms with E-state index >= 15 is 0 Å². The molecule has 0 radical (unpaired) electrons. The first-order valence-corrected chi connectivity index (χ1v) is 13.2. The van der Waals surface area contributed by atoms with Crippen LogP contribution in [0.5, 0.6) is 11.5 Å². The molecular formula is C26H27FN2O5S. The molecule has 7 nitrogen and oxygen atoms in total. The average molecular weight is 499 g/mol. The smallest absolute Gasteiger partial charge is 0.330 e. The topological polar surface area (TPSA) is 79.5 Å². The van der Waals surface area contributed by atoms with Crippen LogP contribution in [0.4, 0.5) is 4.39 Å². The fraction of sp³-hybridized carbons (Fsp3) is 0.269. The predicted molar refractivity (Wildman–Crippen MR) is 134 cm³/mol. The van der Waals surface area contributed by atoms with Gasteiger partial charge in [-0.2, -0.15) is 0 Å². The summed E-state index contributed by atoms with van der Waals surface area (Å²) in [4.78, 5) is 13.8. The van der Waals surface area contributed by atoms with Crippen LogP contribution >= 0.6 is 0 Å². The lowest BCUT2D eigenvalue weighted by Gasteiger charge is -2.20. The Morgan fingerprint density at radius 1 is 0.971 bits per heavy atom. The van der Waals surface area contributed by atoms with Gasteiger partial charge in [-0.15, -0.1) is 0 Å². The van der Waals surface area contributed by atoms with Gasteiger partial charge in [-0.3, -0.25) is 9.13 Å². The van der Waals surface area contributed by atoms with Gasteiger partial charge in [-0.05, 0) is 42.8 Å². The maximum atomic E-state index is 14.4. The molecule has 0 bridgehead atoms. The van der Waals surface area contributed by atoms with Gasteiger partial charge < -0.3 is 9.47 Å². The molecule has 1 atom stereocenters. The van der Waals surface area contributed by atoms with Crippen LogP contribution in [0.2, 0.25) is 0 Å². The third kappa shape index (κ3) is 5.09. The van der Waals surface area contributed by atoms with Crippen molar-refractivity contribution in [1.82, 2.24) is 9.13 Å². The molecule has 3 aromatic carbocycles. The lowest BCUT2D eigenvalue weighted by molar-refractivity contribution is 0.310. The van der Waals surface area contributed by atoms with Crippen molar-refractivity contribution in [3.8, 4) is 11.5 Å². The van der Waals surface area contributed by atoms with E-state index in [2.05, 4.69) is 0 Å². The summed E-state index contributed by atoms with van der Waals surface area (Å²) >= 11 is 0. The molecule has 184 valence electrons. The second-order valence-electron chi connectivity index (χ2n) is 8.27. The molecule has 0 N–H and O–H groups in total. The van der Waals surface area contributed by atoms with Crippen molar-refractivity contribution in [1.29, 1.82) is 0 Å². The fourth-order valence-electron chi connectivity index (χ4n) is 4.26. The number of hydrogen-bond donors (Lipinski definition) is 0. The van der Waals surface area contributed by atoms with Crippen LogP contribution in [0, 0.1) is 5.82 Å². The minimum Gasteiger partial charge on any atom is -0.493 e. The summed E-state index contributed by atoms with van der Waals surface area (Å²) in [6.07, 6.45) is 1.14. The molecule has 1 unspecified atom stereocenters. The number of imidazole rings is 1. The molecule has 9 heteroatoms. The number of halogens is 1. The normalized spacial score (nSPS) is 12.6. The summed E-state index contributed by atoms with van der Waals surface area (Å²) in [5.41, 5.74) is 1.64. The minimum atomic E-state index is -3.50. The molecule has 0 aliphatic carbocycles. The largest absolute Gasteiger partial charge is 0.493 e. The number of sulfone groups is 1. The fourth-order valence-corrected chi connectivity index (χ4v) is 5.17. The molecule has 0 aliphatic rings. The summed E-state index contributed by atoms with van der Waals surface area (Å²) < 4.78 is 53.4. The molecule has 4 rings (SSSR count). The summed E-state index contributed by atoms with van der Waals surface area (Å²) in [7, 11) is -1.98. The van der Waals surface area contributed by atoms with E-state index in [1.165, 1.54) is 22.3 Å². The second-order valence-corrected chi connectivity index (χ2v) is 10.5. The number of para-hydroxylation sites is 2. The zero-order valence-corrected chi connectivity index (χ0v) is 20.6. The van der Waals surface area contributed by atoms with Crippen LogP contribution in [0.3, 0.4) is 0 Å². The van der Waals surface area contributed by atoms with Gasteiger partial charge in [0.25, 0.3) is 0 Å². The van der Waals surface area contributed by atoms with E-state index in [-0.39, 0.29) is 12.3 Å². The van der Waals surface area contributed by atoms with Crippen molar-refractivity contribution in [2.24, 2.45) is 0 Å². The Kier molecular flexibility index (Phi) is 6.98. The van der Waals surface area contributed by atoms with E-state index in [1.807, 2.05) is 6.92 Å². The van der Waals surface area contributed by atoms with Gasteiger partial charge in [0.05, 0.1) is 43.1 Å². The quantitative estimate of drug-likeness (QED) is 0.348. The van der Waals surface area contributed by atoms with Crippen molar-refractivity contribution in [3.05, 3.63) is 94.2 Å². The highest BCUT2D eigenvalue weighted by molar-refractivity contribution is 7.90. The monoisotopic (exact) mass is 498 g/mol. The maximum absolute atomic E-state index is 14.4. The van der Waals surface area contributed by atoms with Gasteiger partial charge in [0.15, 0.2) is 11.5 Å². The molecule has 1 heterocycles. The van der Waals surface area contributed by atoms with Gasteiger partial charge in [0, 0.05) is 11.8 Å². The first kappa shape index (κ1) is 24.5. The van der Waals surface area contributed by atoms with E-state index in [4.69, 9.17) is 9.47 Å². The molecule has 0 spiro atoms. The average Bonchev–Trinajstić information content (AvgIpc) is 3.10. The Balaban J connectivity index is 1.95. The van der Waals surface area contributed by atoms with Crippen LogP contribution < -0.4 is 15.2 Å². The Bertz CT molecular complexity index is 1520. The third-order valence-electron chi connectivity index (χ3n) is 5.80. The SMILES string of the molecule is CCOc1cc(C(CS(C)(=O)=O)n2c(=O)n(Cc3ccccc3F)c3ccccc32)ccc1OC. The second kappa shape index (κ2) is 9.95. The Labute approximate surface area is 203 Å². The number of methoxy groups -OCH3 is 1. The summed E-state index contributed by atoms with van der Waals surface area (Å²) in [6, 6.07) is 17.7. The van der Waals surface area contributed by atoms with E-state index < -0.39 is 27.4 Å². The number of nitrogens with zero attached hydrogens (tertiary/aromatic N) is 2. The first-order chi connectivity index (χ1) is 16.7. The number of ether oxygens (including phenoxy) is 2. The lowest BCUT2D eigenvalue weighted by Crippen LogP contribution is -2.32. The molecule has 0 amide bonds. The van der Waals surface area contributed by atoms with Crippen LogP contribution in [0.1, 0.15) is 24.1 Å². The van der Waals surface area contributed by atoms with Crippen molar-refractivity contribution in [3.63, 3.8) is 0 Å². The first-order valence-electron chi connectivity index (χ1n) is 11.1. The molecule has 0 saturated heterocycles. The molecule has 4 aromatic rings. The van der Waals surface area contributed by atoms with E-state index in [0.29, 0.717) is 40.3 Å². The van der Waals surface area contributed by atoms with Crippen LogP contribution in [0.25, 0.3) is 11.0 Å². The predicted octanol–water partition coefficient (Wildman–Crippen LogP) is 4.03. The summed E-state index contributed by atoms with van der Waals surface area (Å²) in [5.74, 6) is 0.232. The Morgan fingerprint density at radius 2 is 1.66 bits per heavy atom. The highest BCUT2D eigenvalue weighted by Crippen LogP contribution is 2.33. The minimum absolute atomic E-state index is 0.0113. The standard InChI is InChI=1S/C26H27FN2O5S/c1-4-34-25-15-18(13-14-24(25)33-2)23(17-35(3,31)32)29-22-12-8-7-11-21(22)28(26(29)30)16-19-9-5-6-10-20(19)27/h5-15,23H,4,16-17H2,1-3H3. The summed E-state index contributed by atoms with van der Waals surface area (Å²) in [6.45, 7) is 2.23. The van der Waals surface area contributed by atoms with Gasteiger partial charge in [-0.1, -0.05) is 36.4 Å². The van der Waals surface area contributed by atoms with Crippen LogP contribution in [0.15, 0.2) is 71.5 Å². The van der Waals surface area contributed by atoms with Crippen molar-refractivity contribution in [2.75, 3.05) is 25.7 Å². The molecule has 0 aliphatic heterocycles. The van der Waals surface area contributed by atoms with E-state index in [1.54, 1.807) is 60.7 Å². The number of fused-ring (bicyclic) bond motifs is 1. The Hall–Kier alpha value is -3.59. The number of rotatable bonds is 9. The highest BCUT2D eigenvalue weighted by Gasteiger charge is 2.26. The van der Waals surface area contributed by atoms with Gasteiger partial charge in [-0.25, -0.2) is 17.6 Å². The summed E-state index contributed by atoms with van der Waals surface area (Å²) in [5, 5.41) is 0. The van der Waals surface area contributed by atoms with Crippen molar-refractivity contribution >= 4 is 20.9 Å². The lowest BCUT2D eigenvalue weighted by atomic mass is 10.1. The zero-order valence-electron chi connectivity index (χ0n) is 19.8. The van der Waals surface area contributed by atoms with Gasteiger partial charge in [0.2, 0.25) is 0 Å². The molecule has 0 fully saturated rings. The Morgan fingerprint density at radius 3 is 2.31 bits per heavy atom. The van der Waals surface area contributed by atoms with Crippen LogP contribution in [-0.4, -0.2) is 43.3 Å². The van der Waals surface area contributed by atoms with Crippen molar-refractivity contribution in [2.45, 2.75) is 19.5 Å². The van der Waals surface area contributed by atoms with E-state index in [0.717, 1.165) is 6.26 Å². The van der Waals surface area contributed by atoms with Crippen LogP contribution in [-0.2, 0) is 16.4 Å². The molecule has 1 aromatic heterocycles. The molecule has 35 heavy (non-hydrogen) atoms. The maximum Gasteiger partial charge on any atom is 0.330 e. The van der Waals surface area contributed by atoms with Crippen molar-refractivity contribution < 1.29 is 22.3 Å². The molecular weight excluding hydrogens is 471 g/mol. The highest BCUT2D eigenvalue weighted by atomic mass is 32.2.